The summed E-state index contributed by atoms with van der Waals surface area (Å²) in [6.07, 6.45) is 4.38. The van der Waals surface area contributed by atoms with Crippen molar-refractivity contribution in [1.82, 2.24) is 4.90 Å². The number of hydrogen-bond acceptors (Lipinski definition) is 4. The van der Waals surface area contributed by atoms with Gasteiger partial charge in [0.05, 0.1) is 19.4 Å². The lowest BCUT2D eigenvalue weighted by atomic mass is 10.2. The lowest BCUT2D eigenvalue weighted by molar-refractivity contribution is -0.127. The highest BCUT2D eigenvalue weighted by Crippen LogP contribution is 2.22. The number of para-hydroxylation sites is 1. The number of carbonyl (C=O) groups is 1. The molecule has 0 fully saturated rings. The fourth-order valence-electron chi connectivity index (χ4n) is 2.48. The van der Waals surface area contributed by atoms with E-state index < -0.39 is 6.61 Å². The summed E-state index contributed by atoms with van der Waals surface area (Å²) in [4.78, 5) is 15.4. The van der Waals surface area contributed by atoms with Crippen molar-refractivity contribution in [3.8, 4) is 5.75 Å². The molecule has 7 heteroatoms. The van der Waals surface area contributed by atoms with Crippen molar-refractivity contribution in [1.29, 1.82) is 0 Å². The molecule has 0 aliphatic carbocycles. The molecule has 2 aromatic heterocycles. The maximum Gasteiger partial charge on any atom is 0.387 e. The molecule has 1 aromatic carbocycles. The molecule has 0 spiro atoms. The van der Waals surface area contributed by atoms with Gasteiger partial charge in [0, 0.05) is 16.5 Å². The van der Waals surface area contributed by atoms with Crippen LogP contribution in [0.25, 0.3) is 6.08 Å². The van der Waals surface area contributed by atoms with Gasteiger partial charge in [-0.1, -0.05) is 24.3 Å². The van der Waals surface area contributed by atoms with Gasteiger partial charge >= 0.3 is 6.61 Å². The van der Waals surface area contributed by atoms with E-state index in [1.165, 1.54) is 18.2 Å². The number of amides is 1. The van der Waals surface area contributed by atoms with Gasteiger partial charge in [0.15, 0.2) is 0 Å². The monoisotopic (exact) mass is 389 g/mol. The van der Waals surface area contributed by atoms with Crippen molar-refractivity contribution in [3.63, 3.8) is 0 Å². The standard InChI is InChI=1S/C20H17F2NO3S/c21-20(22)26-18-8-2-1-5-15(18)9-10-19(24)23(13-16-6-3-11-25-16)14-17-7-4-12-27-17/h1-12,20H,13-14H2/b10-9+. The summed E-state index contributed by atoms with van der Waals surface area (Å²) in [5.74, 6) is 0.425. The van der Waals surface area contributed by atoms with Crippen LogP contribution in [-0.2, 0) is 17.9 Å². The molecule has 3 rings (SSSR count). The molecule has 2 heterocycles. The zero-order chi connectivity index (χ0) is 19.1. The Labute approximate surface area is 159 Å². The number of furan rings is 1. The minimum Gasteiger partial charge on any atom is -0.467 e. The number of alkyl halides is 2. The number of benzene rings is 1. The Balaban J connectivity index is 1.76. The summed E-state index contributed by atoms with van der Waals surface area (Å²) < 4.78 is 34.9. The van der Waals surface area contributed by atoms with Gasteiger partial charge in [0.2, 0.25) is 5.91 Å². The molecule has 0 saturated carbocycles. The van der Waals surface area contributed by atoms with Crippen LogP contribution in [0.3, 0.4) is 0 Å². The molecular formula is C20H17F2NO3S. The summed E-state index contributed by atoms with van der Waals surface area (Å²) in [6, 6.07) is 13.7. The van der Waals surface area contributed by atoms with Gasteiger partial charge in [0.25, 0.3) is 0 Å². The lowest BCUT2D eigenvalue weighted by Gasteiger charge is -2.19. The summed E-state index contributed by atoms with van der Waals surface area (Å²) in [5, 5.41) is 1.94. The van der Waals surface area contributed by atoms with Crippen LogP contribution in [0, 0.1) is 0 Å². The van der Waals surface area contributed by atoms with Gasteiger partial charge in [0.1, 0.15) is 11.5 Å². The first-order chi connectivity index (χ1) is 13.1. The Morgan fingerprint density at radius 2 is 2.00 bits per heavy atom. The number of halogens is 2. The van der Waals surface area contributed by atoms with Crippen LogP contribution in [0.1, 0.15) is 16.2 Å². The summed E-state index contributed by atoms with van der Waals surface area (Å²) in [7, 11) is 0. The number of hydrogen-bond donors (Lipinski definition) is 0. The Kier molecular flexibility index (Phi) is 6.38. The van der Waals surface area contributed by atoms with Gasteiger partial charge in [-0.25, -0.2) is 0 Å². The van der Waals surface area contributed by atoms with Crippen LogP contribution in [0.4, 0.5) is 8.78 Å². The fourth-order valence-corrected chi connectivity index (χ4v) is 3.20. The van der Waals surface area contributed by atoms with E-state index in [1.807, 2.05) is 17.5 Å². The fraction of sp³-hybridized carbons (Fsp3) is 0.150. The van der Waals surface area contributed by atoms with Gasteiger partial charge in [-0.15, -0.1) is 11.3 Å². The largest absolute Gasteiger partial charge is 0.467 e. The molecule has 0 aliphatic rings. The zero-order valence-electron chi connectivity index (χ0n) is 14.3. The van der Waals surface area contributed by atoms with E-state index in [-0.39, 0.29) is 11.7 Å². The number of ether oxygens (including phenoxy) is 1. The smallest absolute Gasteiger partial charge is 0.387 e. The van der Waals surface area contributed by atoms with Gasteiger partial charge in [-0.2, -0.15) is 8.78 Å². The van der Waals surface area contributed by atoms with E-state index >= 15 is 0 Å². The maximum absolute atomic E-state index is 12.7. The Hall–Kier alpha value is -2.93. The SMILES string of the molecule is O=C(/C=C/c1ccccc1OC(F)F)N(Cc1ccco1)Cc1cccs1. The Bertz CT molecular complexity index is 840. The van der Waals surface area contributed by atoms with Crippen LogP contribution < -0.4 is 4.74 Å². The molecule has 0 aliphatic heterocycles. The average molecular weight is 389 g/mol. The van der Waals surface area contributed by atoms with Crippen LogP contribution in [0.5, 0.6) is 5.75 Å². The van der Waals surface area contributed by atoms with Crippen LogP contribution in [0.2, 0.25) is 0 Å². The molecule has 4 nitrogen and oxygen atoms in total. The van der Waals surface area contributed by atoms with E-state index in [0.717, 1.165) is 4.88 Å². The van der Waals surface area contributed by atoms with Crippen molar-refractivity contribution in [3.05, 3.63) is 82.5 Å². The topological polar surface area (TPSA) is 42.7 Å². The van der Waals surface area contributed by atoms with Crippen LogP contribution in [0.15, 0.2) is 70.7 Å². The van der Waals surface area contributed by atoms with Crippen molar-refractivity contribution in [2.45, 2.75) is 19.7 Å². The molecule has 0 radical (unpaired) electrons. The van der Waals surface area contributed by atoms with E-state index in [1.54, 1.807) is 52.8 Å². The molecule has 3 aromatic rings. The third kappa shape index (κ3) is 5.52. The second-order valence-corrected chi connectivity index (χ2v) is 6.63. The summed E-state index contributed by atoms with van der Waals surface area (Å²) in [5.41, 5.74) is 0.403. The van der Waals surface area contributed by atoms with Crippen LogP contribution >= 0.6 is 11.3 Å². The van der Waals surface area contributed by atoms with Crippen LogP contribution in [-0.4, -0.2) is 17.4 Å². The van der Waals surface area contributed by atoms with Crippen molar-refractivity contribution in [2.24, 2.45) is 0 Å². The van der Waals surface area contributed by atoms with Crippen molar-refractivity contribution >= 4 is 23.3 Å². The predicted octanol–water partition coefficient (Wildman–Crippen LogP) is 5.18. The highest BCUT2D eigenvalue weighted by molar-refractivity contribution is 7.09. The number of thiophene rings is 1. The first kappa shape index (κ1) is 18.8. The van der Waals surface area contributed by atoms with E-state index in [9.17, 15) is 13.6 Å². The Morgan fingerprint density at radius 3 is 2.70 bits per heavy atom. The van der Waals surface area contributed by atoms with Gasteiger partial charge in [-0.3, -0.25) is 4.79 Å². The second kappa shape index (κ2) is 9.14. The molecule has 1 amide bonds. The Morgan fingerprint density at radius 1 is 1.15 bits per heavy atom. The normalized spacial score (nSPS) is 11.2. The lowest BCUT2D eigenvalue weighted by Crippen LogP contribution is -2.28. The summed E-state index contributed by atoms with van der Waals surface area (Å²) in [6.45, 7) is -2.19. The maximum atomic E-state index is 12.7. The minimum atomic E-state index is -2.93. The first-order valence-corrected chi connectivity index (χ1v) is 9.05. The molecule has 0 saturated heterocycles. The van der Waals surface area contributed by atoms with E-state index in [0.29, 0.717) is 24.4 Å². The molecule has 0 unspecified atom stereocenters. The van der Waals surface area contributed by atoms with Crippen molar-refractivity contribution in [2.75, 3.05) is 0 Å². The van der Waals surface area contributed by atoms with Gasteiger partial charge in [-0.05, 0) is 35.7 Å². The average Bonchev–Trinajstić information content (AvgIpc) is 3.34. The highest BCUT2D eigenvalue weighted by atomic mass is 32.1. The number of carbonyl (C=O) groups excluding carboxylic acids is 1. The highest BCUT2D eigenvalue weighted by Gasteiger charge is 2.15. The quantitative estimate of drug-likeness (QED) is 0.498. The first-order valence-electron chi connectivity index (χ1n) is 8.17. The number of rotatable bonds is 8. The summed E-state index contributed by atoms with van der Waals surface area (Å²) >= 11 is 1.55. The molecule has 140 valence electrons. The third-order valence-corrected chi connectivity index (χ3v) is 4.57. The number of nitrogens with zero attached hydrogens (tertiary/aromatic N) is 1. The predicted molar refractivity (Wildman–Crippen MR) is 99.4 cm³/mol. The molecule has 0 atom stereocenters. The van der Waals surface area contributed by atoms with E-state index in [4.69, 9.17) is 4.42 Å². The molecule has 27 heavy (non-hydrogen) atoms. The third-order valence-electron chi connectivity index (χ3n) is 3.71. The van der Waals surface area contributed by atoms with Gasteiger partial charge < -0.3 is 14.1 Å². The molecule has 0 N–H and O–H groups in total. The molecule has 0 bridgehead atoms. The minimum absolute atomic E-state index is 0.0207. The molecular weight excluding hydrogens is 372 g/mol. The zero-order valence-corrected chi connectivity index (χ0v) is 15.1. The van der Waals surface area contributed by atoms with E-state index in [2.05, 4.69) is 4.74 Å². The van der Waals surface area contributed by atoms with Crippen molar-refractivity contribution < 1.29 is 22.7 Å². The second-order valence-electron chi connectivity index (χ2n) is 5.60.